The molecule has 2 rings (SSSR count). The molecule has 128 valence electrons. The van der Waals surface area contributed by atoms with Gasteiger partial charge in [0.25, 0.3) is 5.69 Å². The third kappa shape index (κ3) is 5.30. The average Bonchev–Trinajstić information content (AvgIpc) is 2.56. The number of halogens is 1. The molecule has 0 amide bonds. The van der Waals surface area contributed by atoms with Crippen molar-refractivity contribution in [2.75, 3.05) is 11.5 Å². The molecule has 1 aliphatic rings. The molecule has 1 unspecified atom stereocenters. The first-order valence-electron chi connectivity index (χ1n) is 7.73. The SMILES string of the molecule is CCP(=O)(Oc1ccc([N+](=O)[O-])cc1)OC1CCC(CBr)CC1. The fourth-order valence-corrected chi connectivity index (χ4v) is 4.65. The zero-order valence-electron chi connectivity index (χ0n) is 13.0. The largest absolute Gasteiger partial charge is 0.424 e. The summed E-state index contributed by atoms with van der Waals surface area (Å²) in [4.78, 5) is 10.2. The van der Waals surface area contributed by atoms with Crippen LogP contribution >= 0.6 is 23.5 Å². The first-order chi connectivity index (χ1) is 11.0. The normalized spacial score (nSPS) is 23.9. The first kappa shape index (κ1) is 18.4. The van der Waals surface area contributed by atoms with Gasteiger partial charge in [-0.3, -0.25) is 14.6 Å². The number of nitro groups is 1. The van der Waals surface area contributed by atoms with Crippen LogP contribution in [0.3, 0.4) is 0 Å². The van der Waals surface area contributed by atoms with Crippen LogP contribution in [-0.4, -0.2) is 22.5 Å². The van der Waals surface area contributed by atoms with Crippen molar-refractivity contribution in [1.29, 1.82) is 0 Å². The van der Waals surface area contributed by atoms with Gasteiger partial charge in [-0.1, -0.05) is 22.9 Å². The van der Waals surface area contributed by atoms with Gasteiger partial charge in [0, 0.05) is 17.5 Å². The predicted molar refractivity (Wildman–Crippen MR) is 92.5 cm³/mol. The third-order valence-electron chi connectivity index (χ3n) is 4.00. The van der Waals surface area contributed by atoms with Gasteiger partial charge in [-0.25, -0.2) is 4.57 Å². The molecule has 0 N–H and O–H groups in total. The van der Waals surface area contributed by atoms with Crippen LogP contribution < -0.4 is 4.52 Å². The Morgan fingerprint density at radius 3 is 2.35 bits per heavy atom. The Balaban J connectivity index is 1.97. The van der Waals surface area contributed by atoms with E-state index in [1.807, 2.05) is 0 Å². The Morgan fingerprint density at radius 2 is 1.87 bits per heavy atom. The van der Waals surface area contributed by atoms with Crippen molar-refractivity contribution in [3.63, 3.8) is 0 Å². The smallest absolute Gasteiger partial charge is 0.379 e. The fraction of sp³-hybridized carbons (Fsp3) is 0.600. The minimum Gasteiger partial charge on any atom is -0.424 e. The lowest BCUT2D eigenvalue weighted by molar-refractivity contribution is -0.384. The number of nitrogens with zero attached hydrogens (tertiary/aromatic N) is 1. The lowest BCUT2D eigenvalue weighted by Crippen LogP contribution is -2.22. The van der Waals surface area contributed by atoms with Gasteiger partial charge in [-0.2, -0.15) is 0 Å². The summed E-state index contributed by atoms with van der Waals surface area (Å²) in [5, 5.41) is 11.6. The third-order valence-corrected chi connectivity index (χ3v) is 6.80. The summed E-state index contributed by atoms with van der Waals surface area (Å²) < 4.78 is 24.1. The van der Waals surface area contributed by atoms with Crippen LogP contribution in [0.5, 0.6) is 5.75 Å². The van der Waals surface area contributed by atoms with Gasteiger partial charge in [0.1, 0.15) is 5.75 Å². The molecule has 0 heterocycles. The summed E-state index contributed by atoms with van der Waals surface area (Å²) in [6.45, 7) is 1.76. The minimum atomic E-state index is -3.24. The van der Waals surface area contributed by atoms with Gasteiger partial charge in [0.05, 0.1) is 17.2 Å². The molecule has 1 atom stereocenters. The highest BCUT2D eigenvalue weighted by molar-refractivity contribution is 9.09. The summed E-state index contributed by atoms with van der Waals surface area (Å²) in [7, 11) is -3.24. The van der Waals surface area contributed by atoms with Gasteiger partial charge < -0.3 is 4.52 Å². The highest BCUT2D eigenvalue weighted by atomic mass is 79.9. The summed E-state index contributed by atoms with van der Waals surface area (Å²) in [5.74, 6) is 0.987. The van der Waals surface area contributed by atoms with Gasteiger partial charge in [-0.15, -0.1) is 0 Å². The van der Waals surface area contributed by atoms with E-state index in [9.17, 15) is 14.7 Å². The van der Waals surface area contributed by atoms with Crippen molar-refractivity contribution in [2.45, 2.75) is 38.7 Å². The highest BCUT2D eigenvalue weighted by Crippen LogP contribution is 2.51. The average molecular weight is 406 g/mol. The van der Waals surface area contributed by atoms with E-state index in [1.54, 1.807) is 6.92 Å². The molecule has 1 saturated carbocycles. The molecule has 0 spiro atoms. The van der Waals surface area contributed by atoms with Gasteiger partial charge in [-0.05, 0) is 43.7 Å². The lowest BCUT2D eigenvalue weighted by atomic mass is 9.89. The molecular formula is C15H21BrNO5P. The van der Waals surface area contributed by atoms with E-state index in [1.165, 1.54) is 24.3 Å². The lowest BCUT2D eigenvalue weighted by Gasteiger charge is -2.30. The molecule has 23 heavy (non-hydrogen) atoms. The van der Waals surface area contributed by atoms with E-state index < -0.39 is 12.5 Å². The zero-order chi connectivity index (χ0) is 16.9. The van der Waals surface area contributed by atoms with E-state index in [0.717, 1.165) is 31.0 Å². The summed E-state index contributed by atoms with van der Waals surface area (Å²) in [6.07, 6.45) is 4.08. The van der Waals surface area contributed by atoms with E-state index >= 15 is 0 Å². The van der Waals surface area contributed by atoms with Crippen LogP contribution in [0.25, 0.3) is 0 Å². The second-order valence-electron chi connectivity index (χ2n) is 5.67. The maximum absolute atomic E-state index is 12.8. The first-order valence-corrected chi connectivity index (χ1v) is 10.6. The molecule has 0 aromatic heterocycles. The maximum Gasteiger partial charge on any atom is 0.379 e. The summed E-state index contributed by atoms with van der Waals surface area (Å²) >= 11 is 3.50. The maximum atomic E-state index is 12.8. The number of nitro benzene ring substituents is 1. The molecular weight excluding hydrogens is 385 g/mol. The molecule has 0 saturated heterocycles. The highest BCUT2D eigenvalue weighted by Gasteiger charge is 2.31. The van der Waals surface area contributed by atoms with Crippen molar-refractivity contribution in [2.24, 2.45) is 5.92 Å². The second-order valence-corrected chi connectivity index (χ2v) is 8.57. The Labute approximate surface area is 144 Å². The van der Waals surface area contributed by atoms with Crippen molar-refractivity contribution in [3.8, 4) is 5.75 Å². The van der Waals surface area contributed by atoms with E-state index in [0.29, 0.717) is 11.7 Å². The quantitative estimate of drug-likeness (QED) is 0.271. The fourth-order valence-electron chi connectivity index (χ4n) is 2.57. The number of rotatable bonds is 7. The number of alkyl halides is 1. The molecule has 1 aliphatic carbocycles. The Bertz CT molecular complexity index is 572. The summed E-state index contributed by atoms with van der Waals surface area (Å²) in [6, 6.07) is 5.56. The van der Waals surface area contributed by atoms with Crippen LogP contribution in [0.2, 0.25) is 0 Å². The summed E-state index contributed by atoms with van der Waals surface area (Å²) in [5.41, 5.74) is -0.0299. The van der Waals surface area contributed by atoms with E-state index in [4.69, 9.17) is 9.05 Å². The number of hydrogen-bond donors (Lipinski definition) is 0. The van der Waals surface area contributed by atoms with Crippen LogP contribution in [0.15, 0.2) is 24.3 Å². The molecule has 0 radical (unpaired) electrons. The van der Waals surface area contributed by atoms with Crippen LogP contribution in [0, 0.1) is 16.0 Å². The van der Waals surface area contributed by atoms with Crippen molar-refractivity contribution < 1.29 is 18.5 Å². The topological polar surface area (TPSA) is 78.7 Å². The standard InChI is InChI=1S/C15H21BrNO5P/c1-2-23(20,21-14-7-3-12(11-16)4-8-14)22-15-9-5-13(6-10-15)17(18)19/h5-6,9-10,12,14H,2-4,7-8,11H2,1H3. The number of benzene rings is 1. The van der Waals surface area contributed by atoms with Crippen LogP contribution in [0.4, 0.5) is 5.69 Å². The van der Waals surface area contributed by atoms with Crippen molar-refractivity contribution >= 4 is 29.2 Å². The van der Waals surface area contributed by atoms with Gasteiger partial charge >= 0.3 is 7.60 Å². The monoisotopic (exact) mass is 405 g/mol. The number of hydrogen-bond acceptors (Lipinski definition) is 5. The molecule has 6 nitrogen and oxygen atoms in total. The molecule has 1 fully saturated rings. The van der Waals surface area contributed by atoms with Gasteiger partial charge in [0.2, 0.25) is 0 Å². The second kappa shape index (κ2) is 8.27. The molecule has 1 aromatic rings. The Hall–Kier alpha value is -0.910. The Kier molecular flexibility index (Phi) is 6.62. The van der Waals surface area contributed by atoms with Gasteiger partial charge in [0.15, 0.2) is 0 Å². The zero-order valence-corrected chi connectivity index (χ0v) is 15.5. The van der Waals surface area contributed by atoms with E-state index in [-0.39, 0.29) is 18.0 Å². The predicted octanol–water partition coefficient (Wildman–Crippen LogP) is 5.16. The molecule has 0 aliphatic heterocycles. The molecule has 0 bridgehead atoms. The van der Waals surface area contributed by atoms with Crippen molar-refractivity contribution in [3.05, 3.63) is 34.4 Å². The van der Waals surface area contributed by atoms with Crippen molar-refractivity contribution in [1.82, 2.24) is 0 Å². The molecule has 1 aromatic carbocycles. The van der Waals surface area contributed by atoms with Crippen LogP contribution in [-0.2, 0) is 9.09 Å². The van der Waals surface area contributed by atoms with Crippen LogP contribution in [0.1, 0.15) is 32.6 Å². The molecule has 8 heteroatoms. The number of non-ortho nitro benzene ring substituents is 1. The Morgan fingerprint density at radius 1 is 1.26 bits per heavy atom. The minimum absolute atomic E-state index is 0.0299. The van der Waals surface area contributed by atoms with E-state index in [2.05, 4.69) is 15.9 Å².